The maximum absolute atomic E-state index is 13.9. The SMILES string of the molecule is NC(=O)N(Cc1ccc(F)c(F)c1F)C(=O)CCc1c[nH]c2c(Cl)c(F)ccc12. The van der Waals surface area contributed by atoms with E-state index in [0.29, 0.717) is 27.4 Å². The number of fused-ring (bicyclic) bond motifs is 1. The van der Waals surface area contributed by atoms with Crippen molar-refractivity contribution in [1.82, 2.24) is 9.88 Å². The van der Waals surface area contributed by atoms with Gasteiger partial charge in [0, 0.05) is 23.6 Å². The van der Waals surface area contributed by atoms with Gasteiger partial charge in [-0.2, -0.15) is 0 Å². The normalized spacial score (nSPS) is 11.1. The van der Waals surface area contributed by atoms with E-state index in [-0.39, 0.29) is 17.9 Å². The summed E-state index contributed by atoms with van der Waals surface area (Å²) < 4.78 is 53.8. The number of primary amides is 1. The number of hydrogen-bond donors (Lipinski definition) is 2. The van der Waals surface area contributed by atoms with E-state index in [2.05, 4.69) is 4.98 Å². The molecule has 29 heavy (non-hydrogen) atoms. The molecular formula is C19H14ClF4N3O2. The van der Waals surface area contributed by atoms with E-state index in [1.807, 2.05) is 0 Å². The molecule has 0 saturated heterocycles. The number of aromatic nitrogens is 1. The molecule has 0 saturated carbocycles. The van der Waals surface area contributed by atoms with Gasteiger partial charge in [0.05, 0.1) is 12.1 Å². The first-order valence-corrected chi connectivity index (χ1v) is 8.74. The van der Waals surface area contributed by atoms with Gasteiger partial charge in [-0.15, -0.1) is 0 Å². The number of aromatic amines is 1. The highest BCUT2D eigenvalue weighted by Gasteiger charge is 2.23. The molecular weight excluding hydrogens is 414 g/mol. The molecule has 0 aliphatic carbocycles. The monoisotopic (exact) mass is 427 g/mol. The number of imide groups is 1. The van der Waals surface area contributed by atoms with Gasteiger partial charge in [-0.3, -0.25) is 9.69 Å². The van der Waals surface area contributed by atoms with Gasteiger partial charge in [0.1, 0.15) is 10.8 Å². The van der Waals surface area contributed by atoms with Gasteiger partial charge in [-0.25, -0.2) is 22.4 Å². The van der Waals surface area contributed by atoms with Crippen LogP contribution in [-0.4, -0.2) is 21.8 Å². The molecule has 0 atom stereocenters. The van der Waals surface area contributed by atoms with Gasteiger partial charge in [-0.1, -0.05) is 17.7 Å². The van der Waals surface area contributed by atoms with E-state index in [0.717, 1.165) is 6.07 Å². The number of carbonyl (C=O) groups excluding carboxylic acids is 2. The van der Waals surface area contributed by atoms with E-state index >= 15 is 0 Å². The molecule has 3 aromatic rings. The van der Waals surface area contributed by atoms with Crippen molar-refractivity contribution in [3.8, 4) is 0 Å². The molecule has 152 valence electrons. The van der Waals surface area contributed by atoms with Gasteiger partial charge in [0.2, 0.25) is 5.91 Å². The number of urea groups is 1. The summed E-state index contributed by atoms with van der Waals surface area (Å²) in [5, 5.41) is 0.508. The number of hydrogen-bond acceptors (Lipinski definition) is 2. The Kier molecular flexibility index (Phi) is 5.78. The van der Waals surface area contributed by atoms with Crippen LogP contribution in [-0.2, 0) is 17.8 Å². The highest BCUT2D eigenvalue weighted by atomic mass is 35.5. The summed E-state index contributed by atoms with van der Waals surface area (Å²) in [7, 11) is 0. The Hall–Kier alpha value is -3.07. The van der Waals surface area contributed by atoms with Crippen molar-refractivity contribution in [2.24, 2.45) is 5.73 Å². The minimum Gasteiger partial charge on any atom is -0.360 e. The highest BCUT2D eigenvalue weighted by Crippen LogP contribution is 2.28. The maximum atomic E-state index is 13.9. The second kappa shape index (κ2) is 8.12. The number of halogens is 5. The Morgan fingerprint density at radius 1 is 1.00 bits per heavy atom. The first-order valence-electron chi connectivity index (χ1n) is 8.36. The van der Waals surface area contributed by atoms with Crippen molar-refractivity contribution in [1.29, 1.82) is 0 Å². The topological polar surface area (TPSA) is 79.2 Å². The predicted molar refractivity (Wildman–Crippen MR) is 98.0 cm³/mol. The fourth-order valence-electron chi connectivity index (χ4n) is 2.93. The number of nitrogens with zero attached hydrogens (tertiary/aromatic N) is 1. The molecule has 0 radical (unpaired) electrons. The number of nitrogens with two attached hydrogens (primary N) is 1. The maximum Gasteiger partial charge on any atom is 0.321 e. The minimum absolute atomic E-state index is 0.0901. The predicted octanol–water partition coefficient (Wildman–Crippen LogP) is 4.42. The average molecular weight is 428 g/mol. The van der Waals surface area contributed by atoms with E-state index in [1.165, 1.54) is 12.1 Å². The van der Waals surface area contributed by atoms with Crippen LogP contribution in [0.15, 0.2) is 30.5 Å². The molecule has 2 aromatic carbocycles. The molecule has 0 spiro atoms. The molecule has 5 nitrogen and oxygen atoms in total. The summed E-state index contributed by atoms with van der Waals surface area (Å²) in [5.41, 5.74) is 5.80. The number of aryl methyl sites for hydroxylation is 1. The lowest BCUT2D eigenvalue weighted by atomic mass is 10.1. The Labute approximate surface area is 167 Å². The van der Waals surface area contributed by atoms with Gasteiger partial charge in [0.25, 0.3) is 0 Å². The van der Waals surface area contributed by atoms with Crippen LogP contribution >= 0.6 is 11.6 Å². The Bertz CT molecular complexity index is 1120. The van der Waals surface area contributed by atoms with Gasteiger partial charge >= 0.3 is 6.03 Å². The highest BCUT2D eigenvalue weighted by molar-refractivity contribution is 6.35. The van der Waals surface area contributed by atoms with Crippen LogP contribution in [0.1, 0.15) is 17.5 Å². The molecule has 0 bridgehead atoms. The minimum atomic E-state index is -1.71. The van der Waals surface area contributed by atoms with Crippen molar-refractivity contribution in [2.75, 3.05) is 0 Å². The van der Waals surface area contributed by atoms with Crippen molar-refractivity contribution in [3.05, 3.63) is 69.9 Å². The van der Waals surface area contributed by atoms with Crippen LogP contribution in [0.25, 0.3) is 10.9 Å². The fourth-order valence-corrected chi connectivity index (χ4v) is 3.15. The van der Waals surface area contributed by atoms with Crippen LogP contribution in [0, 0.1) is 23.3 Å². The summed E-state index contributed by atoms with van der Waals surface area (Å²) in [6.45, 7) is -0.651. The zero-order chi connectivity index (χ0) is 21.3. The zero-order valence-corrected chi connectivity index (χ0v) is 15.5. The molecule has 3 N–H and O–H groups in total. The molecule has 0 aliphatic rings. The lowest BCUT2D eigenvalue weighted by molar-refractivity contribution is -0.128. The third kappa shape index (κ3) is 4.04. The molecule has 3 rings (SSSR count). The van der Waals surface area contributed by atoms with Crippen LogP contribution in [0.5, 0.6) is 0 Å². The van der Waals surface area contributed by atoms with Gasteiger partial charge in [-0.05, 0) is 30.2 Å². The number of amides is 3. The lowest BCUT2D eigenvalue weighted by Gasteiger charge is -2.19. The van der Waals surface area contributed by atoms with Crippen molar-refractivity contribution < 1.29 is 27.2 Å². The lowest BCUT2D eigenvalue weighted by Crippen LogP contribution is -2.40. The first-order chi connectivity index (χ1) is 13.7. The van der Waals surface area contributed by atoms with E-state index in [1.54, 1.807) is 6.20 Å². The molecule has 0 unspecified atom stereocenters. The second-order valence-corrected chi connectivity index (χ2v) is 6.63. The third-order valence-electron chi connectivity index (χ3n) is 4.45. The number of rotatable bonds is 5. The second-order valence-electron chi connectivity index (χ2n) is 6.25. The molecule has 0 fully saturated rings. The van der Waals surface area contributed by atoms with Crippen molar-refractivity contribution in [2.45, 2.75) is 19.4 Å². The summed E-state index contributed by atoms with van der Waals surface area (Å²) in [6, 6.07) is 3.13. The van der Waals surface area contributed by atoms with E-state index < -0.39 is 47.3 Å². The summed E-state index contributed by atoms with van der Waals surface area (Å²) >= 11 is 5.89. The summed E-state index contributed by atoms with van der Waals surface area (Å²) in [6.07, 6.45) is 1.49. The molecule has 10 heteroatoms. The number of H-pyrrole nitrogens is 1. The van der Waals surface area contributed by atoms with Gasteiger partial charge in [0.15, 0.2) is 17.5 Å². The Balaban J connectivity index is 1.77. The molecule has 1 aromatic heterocycles. The third-order valence-corrected chi connectivity index (χ3v) is 4.82. The van der Waals surface area contributed by atoms with Gasteiger partial charge < -0.3 is 10.7 Å². The number of benzene rings is 2. The number of carbonyl (C=O) groups is 2. The Morgan fingerprint density at radius 3 is 2.38 bits per heavy atom. The van der Waals surface area contributed by atoms with Crippen LogP contribution in [0.4, 0.5) is 22.4 Å². The summed E-state index contributed by atoms with van der Waals surface area (Å²) in [4.78, 5) is 27.4. The smallest absolute Gasteiger partial charge is 0.321 e. The zero-order valence-electron chi connectivity index (χ0n) is 14.7. The molecule has 0 aliphatic heterocycles. The number of nitrogens with one attached hydrogen (secondary N) is 1. The molecule has 3 amide bonds. The van der Waals surface area contributed by atoms with E-state index in [4.69, 9.17) is 17.3 Å². The van der Waals surface area contributed by atoms with Crippen molar-refractivity contribution in [3.63, 3.8) is 0 Å². The van der Waals surface area contributed by atoms with Crippen LogP contribution < -0.4 is 5.73 Å². The van der Waals surface area contributed by atoms with Crippen LogP contribution in [0.3, 0.4) is 0 Å². The first kappa shape index (κ1) is 20.7. The van der Waals surface area contributed by atoms with Crippen molar-refractivity contribution >= 4 is 34.4 Å². The largest absolute Gasteiger partial charge is 0.360 e. The Morgan fingerprint density at radius 2 is 1.69 bits per heavy atom. The summed E-state index contributed by atoms with van der Waals surface area (Å²) in [5.74, 6) is -5.95. The average Bonchev–Trinajstić information content (AvgIpc) is 3.10. The van der Waals surface area contributed by atoms with Crippen LogP contribution in [0.2, 0.25) is 5.02 Å². The standard InChI is InChI=1S/C19H14ClF4N3O2/c20-15-12(21)5-3-11-9(7-26-18(11)15)2-6-14(28)27(19(25)29)8-10-1-4-13(22)17(24)16(10)23/h1,3-5,7,26H,2,6,8H2,(H2,25,29). The molecule has 1 heterocycles. The fraction of sp³-hybridized carbons (Fsp3) is 0.158. The van der Waals surface area contributed by atoms with E-state index in [9.17, 15) is 27.2 Å². The quantitative estimate of drug-likeness (QED) is 0.467.